The van der Waals surface area contributed by atoms with Gasteiger partial charge in [0, 0.05) is 30.4 Å². The quantitative estimate of drug-likeness (QED) is 0.488. The van der Waals surface area contributed by atoms with E-state index in [0.717, 1.165) is 12.8 Å². The molecule has 0 bridgehead atoms. The van der Waals surface area contributed by atoms with Crippen molar-refractivity contribution in [3.05, 3.63) is 87.8 Å². The normalized spacial score (nSPS) is 13.9. The van der Waals surface area contributed by atoms with Crippen molar-refractivity contribution in [1.29, 1.82) is 0 Å². The molecule has 0 radical (unpaired) electrons. The summed E-state index contributed by atoms with van der Waals surface area (Å²) < 4.78 is 7.38. The first kappa shape index (κ1) is 19.6. The molecule has 0 aliphatic heterocycles. The molecule has 0 atom stereocenters. The van der Waals surface area contributed by atoms with Gasteiger partial charge in [-0.15, -0.1) is 0 Å². The maximum absolute atomic E-state index is 11.7. The minimum absolute atomic E-state index is 0.206. The number of ether oxygens (including phenoxy) is 1. The fourth-order valence-electron chi connectivity index (χ4n) is 2.44. The third-order valence-electron chi connectivity index (χ3n) is 3.70. The number of aryl methyl sites for hydroxylation is 1. The Balaban J connectivity index is 2.36. The van der Waals surface area contributed by atoms with Gasteiger partial charge < -0.3 is 14.4 Å². The Morgan fingerprint density at radius 3 is 2.88 bits per heavy atom. The fourth-order valence-corrected chi connectivity index (χ4v) is 2.68. The zero-order valence-electron chi connectivity index (χ0n) is 14.6. The summed E-state index contributed by atoms with van der Waals surface area (Å²) in [7, 11) is 1.65. The predicted octanol–water partition coefficient (Wildman–Crippen LogP) is 3.74. The van der Waals surface area contributed by atoms with Gasteiger partial charge in [0.25, 0.3) is 5.56 Å². The Morgan fingerprint density at radius 2 is 2.19 bits per heavy atom. The maximum atomic E-state index is 11.7. The van der Waals surface area contributed by atoms with Crippen LogP contribution in [0.2, 0.25) is 5.02 Å². The molecule has 1 N–H and O–H groups in total. The van der Waals surface area contributed by atoms with Crippen molar-refractivity contribution in [2.75, 3.05) is 6.61 Å². The molecule has 1 aromatic rings. The Bertz CT molecular complexity index is 936. The lowest BCUT2D eigenvalue weighted by atomic mass is 10.0. The van der Waals surface area contributed by atoms with Crippen LogP contribution in [0.1, 0.15) is 18.4 Å². The molecule has 0 unspecified atom stereocenters. The second-order valence-electron chi connectivity index (χ2n) is 5.55. The monoisotopic (exact) mass is 369 g/mol. The number of rotatable bonds is 5. The molecule has 0 amide bonds. The number of nitrogens with zero attached hydrogens (tertiary/aromatic N) is 1. The molecule has 1 aliphatic rings. The van der Waals surface area contributed by atoms with Gasteiger partial charge in [0.2, 0.25) is 0 Å². The highest BCUT2D eigenvalue weighted by Crippen LogP contribution is 2.31. The lowest BCUT2D eigenvalue weighted by Gasteiger charge is -2.18. The number of aliphatic hydroxyl groups is 1. The molecule has 0 saturated carbocycles. The van der Waals surface area contributed by atoms with Crippen molar-refractivity contribution < 1.29 is 9.84 Å². The molecule has 0 aromatic carbocycles. The Labute approximate surface area is 158 Å². The molecule has 134 valence electrons. The molecule has 1 heterocycles. The first-order chi connectivity index (χ1) is 12.5. The second kappa shape index (κ2) is 9.10. The summed E-state index contributed by atoms with van der Waals surface area (Å²) >= 11 is 6.25. The van der Waals surface area contributed by atoms with E-state index in [9.17, 15) is 4.79 Å². The summed E-state index contributed by atoms with van der Waals surface area (Å²) in [5, 5.41) is 9.21. The van der Waals surface area contributed by atoms with E-state index in [1.54, 1.807) is 25.4 Å². The molecule has 1 aliphatic carbocycles. The van der Waals surface area contributed by atoms with Crippen LogP contribution in [0.25, 0.3) is 5.57 Å². The third-order valence-corrected chi connectivity index (χ3v) is 4.01. The SMILES string of the molecule is C=C/C=C(\C(=C)OC1=CCCC=C1C#CCO)c1cn(C)c(=O)cc1Cl. The van der Waals surface area contributed by atoms with E-state index in [-0.39, 0.29) is 12.2 Å². The number of hydrogen-bond acceptors (Lipinski definition) is 3. The first-order valence-electron chi connectivity index (χ1n) is 8.04. The average Bonchev–Trinajstić information content (AvgIpc) is 2.62. The predicted molar refractivity (Wildman–Crippen MR) is 105 cm³/mol. The Kier molecular flexibility index (Phi) is 6.85. The van der Waals surface area contributed by atoms with E-state index < -0.39 is 0 Å². The van der Waals surface area contributed by atoms with Crippen molar-refractivity contribution in [3.8, 4) is 11.8 Å². The minimum atomic E-state index is -0.221. The van der Waals surface area contributed by atoms with E-state index >= 15 is 0 Å². The van der Waals surface area contributed by atoms with Crippen LogP contribution in [0.3, 0.4) is 0 Å². The summed E-state index contributed by atoms with van der Waals surface area (Å²) in [6.45, 7) is 7.50. The third kappa shape index (κ3) is 4.66. The van der Waals surface area contributed by atoms with Crippen LogP contribution in [0.5, 0.6) is 0 Å². The van der Waals surface area contributed by atoms with Gasteiger partial charge in [-0.1, -0.05) is 54.8 Å². The molecular formula is C21H20ClNO3. The summed E-state index contributed by atoms with van der Waals surface area (Å²) in [4.78, 5) is 11.7. The van der Waals surface area contributed by atoms with Gasteiger partial charge in [-0.3, -0.25) is 4.79 Å². The van der Waals surface area contributed by atoms with Crippen LogP contribution >= 0.6 is 11.6 Å². The highest BCUT2D eigenvalue weighted by atomic mass is 35.5. The summed E-state index contributed by atoms with van der Waals surface area (Å²) in [6, 6.07) is 1.35. The van der Waals surface area contributed by atoms with E-state index in [0.29, 0.717) is 33.3 Å². The second-order valence-corrected chi connectivity index (χ2v) is 5.96. The fraction of sp³-hybridized carbons (Fsp3) is 0.190. The Hall–Kier alpha value is -2.74. The standard InChI is InChI=1S/C21H20ClNO3/c1-4-8-17(18-14-23(3)21(25)13-19(18)22)15(2)26-20-11-6-5-9-16(20)10-7-12-24/h4,8-9,11,13-14,24H,1-2,5-6,12H2,3H3/b17-8+. The van der Waals surface area contributed by atoms with Gasteiger partial charge in [-0.05, 0) is 18.9 Å². The van der Waals surface area contributed by atoms with Crippen LogP contribution in [0, 0.1) is 11.8 Å². The number of allylic oxidation sites excluding steroid dienone is 6. The lowest BCUT2D eigenvalue weighted by Crippen LogP contribution is -2.16. The zero-order valence-corrected chi connectivity index (χ0v) is 15.3. The van der Waals surface area contributed by atoms with Crippen LogP contribution in [-0.2, 0) is 11.8 Å². The number of halogens is 1. The van der Waals surface area contributed by atoms with Crippen molar-refractivity contribution in [3.63, 3.8) is 0 Å². The smallest absolute Gasteiger partial charge is 0.251 e. The highest BCUT2D eigenvalue weighted by molar-refractivity contribution is 6.32. The minimum Gasteiger partial charge on any atom is -0.456 e. The van der Waals surface area contributed by atoms with Gasteiger partial charge in [0.05, 0.1) is 10.6 Å². The molecule has 0 fully saturated rings. The lowest BCUT2D eigenvalue weighted by molar-refractivity contribution is 0.334. The molecule has 0 saturated heterocycles. The van der Waals surface area contributed by atoms with Gasteiger partial charge in [0.1, 0.15) is 18.1 Å². The molecule has 2 rings (SSSR count). The van der Waals surface area contributed by atoms with Crippen molar-refractivity contribution in [1.82, 2.24) is 4.57 Å². The van der Waals surface area contributed by atoms with Gasteiger partial charge in [0.15, 0.2) is 0 Å². The van der Waals surface area contributed by atoms with Gasteiger partial charge in [-0.25, -0.2) is 0 Å². The van der Waals surface area contributed by atoms with Gasteiger partial charge >= 0.3 is 0 Å². The first-order valence-corrected chi connectivity index (χ1v) is 8.42. The molecule has 4 nitrogen and oxygen atoms in total. The summed E-state index contributed by atoms with van der Waals surface area (Å²) in [6.07, 6.45) is 10.5. The van der Waals surface area contributed by atoms with Crippen molar-refractivity contribution in [2.24, 2.45) is 7.05 Å². The van der Waals surface area contributed by atoms with E-state index in [4.69, 9.17) is 21.4 Å². The van der Waals surface area contributed by atoms with Crippen molar-refractivity contribution >= 4 is 17.2 Å². The maximum Gasteiger partial charge on any atom is 0.251 e. The van der Waals surface area contributed by atoms with Crippen molar-refractivity contribution in [2.45, 2.75) is 12.8 Å². The number of hydrogen-bond donors (Lipinski definition) is 1. The summed E-state index contributed by atoms with van der Waals surface area (Å²) in [5.74, 6) is 6.45. The molecule has 0 spiro atoms. The van der Waals surface area contributed by atoms with E-state index in [1.165, 1.54) is 10.6 Å². The Morgan fingerprint density at radius 1 is 1.46 bits per heavy atom. The van der Waals surface area contributed by atoms with Crippen LogP contribution < -0.4 is 5.56 Å². The zero-order chi connectivity index (χ0) is 19.1. The topological polar surface area (TPSA) is 51.5 Å². The summed E-state index contributed by atoms with van der Waals surface area (Å²) in [5.41, 5.74) is 1.72. The van der Waals surface area contributed by atoms with E-state index in [2.05, 4.69) is 25.0 Å². The largest absolute Gasteiger partial charge is 0.456 e. The number of aliphatic hydroxyl groups excluding tert-OH is 1. The molecule has 1 aromatic heterocycles. The number of aromatic nitrogens is 1. The van der Waals surface area contributed by atoms with Crippen LogP contribution in [-0.4, -0.2) is 16.3 Å². The number of pyridine rings is 1. The van der Waals surface area contributed by atoms with Crippen LogP contribution in [0.4, 0.5) is 0 Å². The molecule has 26 heavy (non-hydrogen) atoms. The van der Waals surface area contributed by atoms with Crippen LogP contribution in [0.15, 0.2) is 71.6 Å². The molecular weight excluding hydrogens is 350 g/mol. The highest BCUT2D eigenvalue weighted by Gasteiger charge is 2.16. The molecule has 5 heteroatoms. The van der Waals surface area contributed by atoms with Gasteiger partial charge in [-0.2, -0.15) is 0 Å². The van der Waals surface area contributed by atoms with E-state index in [1.807, 2.05) is 12.2 Å². The average molecular weight is 370 g/mol.